The number of amides is 3. The van der Waals surface area contributed by atoms with Gasteiger partial charge in [0.2, 0.25) is 5.91 Å². The third kappa shape index (κ3) is 1.78. The van der Waals surface area contributed by atoms with Crippen LogP contribution in [-0.4, -0.2) is 22.9 Å². The van der Waals surface area contributed by atoms with Crippen LogP contribution in [0, 0.1) is 17.8 Å². The van der Waals surface area contributed by atoms with Crippen molar-refractivity contribution >= 4 is 23.3 Å². The highest BCUT2D eigenvalue weighted by Crippen LogP contribution is 2.53. The molecule has 1 unspecified atom stereocenters. The van der Waals surface area contributed by atoms with Gasteiger partial charge in [0.05, 0.1) is 5.69 Å². The van der Waals surface area contributed by atoms with E-state index in [4.69, 9.17) is 5.73 Å². The molecule has 3 aliphatic rings. The molecule has 2 fully saturated rings. The molecular formula is C17H19N3O2. The maximum Gasteiger partial charge on any atom is 0.326 e. The van der Waals surface area contributed by atoms with E-state index in [0.717, 1.165) is 36.2 Å². The van der Waals surface area contributed by atoms with E-state index in [9.17, 15) is 9.59 Å². The number of nitrogens with one attached hydrogen (secondary N) is 1. The lowest BCUT2D eigenvalue weighted by Gasteiger charge is -2.49. The minimum absolute atomic E-state index is 0.0339. The minimum Gasteiger partial charge on any atom is -0.369 e. The average molecular weight is 297 g/mol. The summed E-state index contributed by atoms with van der Waals surface area (Å²) in [5, 5.41) is 2.94. The van der Waals surface area contributed by atoms with Crippen molar-refractivity contribution in [2.24, 2.45) is 23.5 Å². The van der Waals surface area contributed by atoms with E-state index < -0.39 is 0 Å². The fourth-order valence-corrected chi connectivity index (χ4v) is 4.34. The van der Waals surface area contributed by atoms with Gasteiger partial charge in [-0.2, -0.15) is 0 Å². The number of benzene rings is 1. The fourth-order valence-electron chi connectivity index (χ4n) is 4.34. The first-order valence-corrected chi connectivity index (χ1v) is 7.74. The predicted octanol–water partition coefficient (Wildman–Crippen LogP) is 2.40. The third-order valence-corrected chi connectivity index (χ3v) is 5.51. The Morgan fingerprint density at radius 1 is 1.27 bits per heavy atom. The summed E-state index contributed by atoms with van der Waals surface area (Å²) in [6, 6.07) is 7.72. The number of nitrogens with zero attached hydrogens (tertiary/aromatic N) is 1. The molecular weight excluding hydrogens is 278 g/mol. The highest BCUT2D eigenvalue weighted by atomic mass is 16.2. The first-order valence-electron chi connectivity index (χ1n) is 7.74. The molecule has 1 aromatic rings. The molecule has 1 aliphatic heterocycles. The summed E-state index contributed by atoms with van der Waals surface area (Å²) < 4.78 is 0. The lowest BCUT2D eigenvalue weighted by Crippen LogP contribution is -2.54. The van der Waals surface area contributed by atoms with Gasteiger partial charge in [0.15, 0.2) is 0 Å². The van der Waals surface area contributed by atoms with E-state index >= 15 is 0 Å². The molecule has 1 heterocycles. The van der Waals surface area contributed by atoms with E-state index in [2.05, 4.69) is 11.9 Å². The van der Waals surface area contributed by atoms with Crippen molar-refractivity contribution in [2.45, 2.75) is 25.3 Å². The van der Waals surface area contributed by atoms with Gasteiger partial charge < -0.3 is 11.1 Å². The second-order valence-electron chi connectivity index (χ2n) is 6.59. The number of hydrogen-bond donors (Lipinski definition) is 2. The maximum absolute atomic E-state index is 12.5. The zero-order valence-corrected chi connectivity index (χ0v) is 12.3. The molecule has 4 rings (SSSR count). The lowest BCUT2D eigenvalue weighted by molar-refractivity contribution is -0.121. The molecule has 2 aliphatic carbocycles. The molecule has 0 aromatic heterocycles. The number of primary amides is 1. The molecule has 1 aromatic carbocycles. The highest BCUT2D eigenvalue weighted by molar-refractivity contribution is 6.02. The first kappa shape index (κ1) is 13.4. The van der Waals surface area contributed by atoms with Gasteiger partial charge in [0.25, 0.3) is 0 Å². The predicted molar refractivity (Wildman–Crippen MR) is 83.6 cm³/mol. The van der Waals surface area contributed by atoms with Crippen molar-refractivity contribution in [3.05, 3.63) is 36.4 Å². The molecule has 114 valence electrons. The number of anilines is 1. The van der Waals surface area contributed by atoms with Gasteiger partial charge in [-0.15, -0.1) is 0 Å². The summed E-state index contributed by atoms with van der Waals surface area (Å²) >= 11 is 0. The smallest absolute Gasteiger partial charge is 0.326 e. The minimum atomic E-state index is -0.208. The van der Waals surface area contributed by atoms with Crippen LogP contribution in [0.2, 0.25) is 0 Å². The fraction of sp³-hybridized carbons (Fsp3) is 0.412. The number of rotatable bonds is 2. The Hall–Kier alpha value is -2.30. The summed E-state index contributed by atoms with van der Waals surface area (Å²) in [6.45, 7) is 4.13. The van der Waals surface area contributed by atoms with E-state index in [0.29, 0.717) is 11.8 Å². The molecule has 0 saturated heterocycles. The van der Waals surface area contributed by atoms with E-state index in [1.165, 1.54) is 0 Å². The second-order valence-corrected chi connectivity index (χ2v) is 6.59. The van der Waals surface area contributed by atoms with Gasteiger partial charge in [-0.25, -0.2) is 4.79 Å². The number of fused-ring (bicyclic) bond motifs is 2. The van der Waals surface area contributed by atoms with Gasteiger partial charge in [0, 0.05) is 23.2 Å². The molecule has 3 amide bonds. The molecule has 22 heavy (non-hydrogen) atoms. The summed E-state index contributed by atoms with van der Waals surface area (Å²) in [5.74, 6) is 0.638. The quantitative estimate of drug-likeness (QED) is 0.879. The number of hydrogen-bond acceptors (Lipinski definition) is 2. The lowest BCUT2D eigenvalue weighted by atomic mass is 9.70. The Morgan fingerprint density at radius 2 is 2.05 bits per heavy atom. The zero-order valence-electron chi connectivity index (χ0n) is 12.3. The molecule has 5 nitrogen and oxygen atoms in total. The van der Waals surface area contributed by atoms with Crippen LogP contribution in [0.25, 0.3) is 5.70 Å². The van der Waals surface area contributed by atoms with Crippen molar-refractivity contribution in [3.63, 3.8) is 0 Å². The van der Waals surface area contributed by atoms with Gasteiger partial charge in [-0.3, -0.25) is 9.69 Å². The van der Waals surface area contributed by atoms with Gasteiger partial charge in [-0.05, 0) is 37.2 Å². The van der Waals surface area contributed by atoms with Gasteiger partial charge in [-0.1, -0.05) is 24.8 Å². The molecule has 0 bridgehead atoms. The van der Waals surface area contributed by atoms with Crippen LogP contribution in [0.1, 0.15) is 24.8 Å². The normalized spacial score (nSPS) is 32.8. The SMILES string of the molecule is C=C1c2ccccc2NC(=O)N1[C@H]1C[C@H]2CC(C(N)=O)C[C@H]21. The molecule has 2 saturated carbocycles. The highest BCUT2D eigenvalue weighted by Gasteiger charge is 2.53. The topological polar surface area (TPSA) is 75.4 Å². The maximum atomic E-state index is 12.5. The van der Waals surface area contributed by atoms with Crippen LogP contribution in [0.3, 0.4) is 0 Å². The largest absolute Gasteiger partial charge is 0.369 e. The Morgan fingerprint density at radius 3 is 2.82 bits per heavy atom. The Kier molecular flexibility index (Phi) is 2.79. The van der Waals surface area contributed by atoms with Crippen molar-refractivity contribution in [2.75, 3.05) is 5.32 Å². The van der Waals surface area contributed by atoms with Crippen molar-refractivity contribution in [1.29, 1.82) is 0 Å². The van der Waals surface area contributed by atoms with E-state index in [-0.39, 0.29) is 23.9 Å². The van der Waals surface area contributed by atoms with E-state index in [1.54, 1.807) is 4.90 Å². The Labute approximate surface area is 129 Å². The van der Waals surface area contributed by atoms with Gasteiger partial charge >= 0.3 is 6.03 Å². The molecule has 5 heteroatoms. The molecule has 3 N–H and O–H groups in total. The van der Waals surface area contributed by atoms with Crippen LogP contribution in [0.5, 0.6) is 0 Å². The summed E-state index contributed by atoms with van der Waals surface area (Å²) in [5.41, 5.74) is 7.98. The summed E-state index contributed by atoms with van der Waals surface area (Å²) in [7, 11) is 0. The summed E-state index contributed by atoms with van der Waals surface area (Å²) in [6.07, 6.45) is 2.60. The van der Waals surface area contributed by atoms with Gasteiger partial charge in [0.1, 0.15) is 0 Å². The number of carbonyl (C=O) groups is 2. The summed E-state index contributed by atoms with van der Waals surface area (Å²) in [4.78, 5) is 25.7. The second kappa shape index (κ2) is 4.60. The number of nitrogens with two attached hydrogens (primary N) is 1. The Balaban J connectivity index is 1.58. The van der Waals surface area contributed by atoms with Crippen LogP contribution in [-0.2, 0) is 4.79 Å². The molecule has 0 spiro atoms. The molecule has 4 atom stereocenters. The number of carbonyl (C=O) groups excluding carboxylic acids is 2. The first-order chi connectivity index (χ1) is 10.6. The Bertz CT molecular complexity index is 684. The van der Waals surface area contributed by atoms with Crippen LogP contribution in [0.15, 0.2) is 30.8 Å². The third-order valence-electron chi connectivity index (χ3n) is 5.51. The number of para-hydroxylation sites is 1. The van der Waals surface area contributed by atoms with Crippen molar-refractivity contribution in [3.8, 4) is 0 Å². The van der Waals surface area contributed by atoms with Crippen LogP contribution in [0.4, 0.5) is 10.5 Å². The van der Waals surface area contributed by atoms with Crippen LogP contribution >= 0.6 is 0 Å². The number of urea groups is 1. The molecule has 0 radical (unpaired) electrons. The standard InChI is InChI=1S/C17H19N3O2/c1-9-12-4-2-3-5-14(12)19-17(22)20(9)15-8-10-6-11(16(18)21)7-13(10)15/h2-5,10-11,13,15H,1,6-8H2,(H2,18,21)(H,19,22)/t10-,11?,13-,15+/m1/s1. The van der Waals surface area contributed by atoms with Crippen LogP contribution < -0.4 is 11.1 Å². The van der Waals surface area contributed by atoms with E-state index in [1.807, 2.05) is 24.3 Å². The van der Waals surface area contributed by atoms with Crippen molar-refractivity contribution in [1.82, 2.24) is 4.90 Å². The monoisotopic (exact) mass is 297 g/mol. The zero-order chi connectivity index (χ0) is 15.4. The van der Waals surface area contributed by atoms with Crippen molar-refractivity contribution < 1.29 is 9.59 Å². The average Bonchev–Trinajstić information content (AvgIpc) is 2.81.